The number of hydrogen-bond donors (Lipinski definition) is 2. The van der Waals surface area contributed by atoms with Crippen molar-refractivity contribution in [2.75, 3.05) is 0 Å². The van der Waals surface area contributed by atoms with Gasteiger partial charge < -0.3 is 19.7 Å². The zero-order valence-electron chi connectivity index (χ0n) is 23.2. The molecule has 1 aromatic heterocycles. The third-order valence-electron chi connectivity index (χ3n) is 7.32. The van der Waals surface area contributed by atoms with Gasteiger partial charge in [0.1, 0.15) is 23.0 Å². The van der Waals surface area contributed by atoms with E-state index in [0.29, 0.717) is 11.5 Å². The van der Waals surface area contributed by atoms with E-state index in [4.69, 9.17) is 21.1 Å². The summed E-state index contributed by atoms with van der Waals surface area (Å²) in [6.07, 6.45) is 0. The highest BCUT2D eigenvalue weighted by Crippen LogP contribution is 2.35. The first-order chi connectivity index (χ1) is 19.5. The first kappa shape index (κ1) is 27.9. The highest BCUT2D eigenvalue weighted by Gasteiger charge is 2.24. The van der Waals surface area contributed by atoms with E-state index in [0.717, 1.165) is 22.3 Å². The largest absolute Gasteiger partial charge is 0.508 e. The van der Waals surface area contributed by atoms with Crippen LogP contribution in [0.3, 0.4) is 0 Å². The van der Waals surface area contributed by atoms with Crippen LogP contribution in [-0.4, -0.2) is 25.2 Å². The lowest BCUT2D eigenvalue weighted by atomic mass is 9.78. The fourth-order valence-electron chi connectivity index (χ4n) is 4.59. The molecule has 41 heavy (non-hydrogen) atoms. The van der Waals surface area contributed by atoms with Gasteiger partial charge in [-0.25, -0.2) is 0 Å². The average molecular weight is 568 g/mol. The number of rotatable bonds is 8. The molecule has 0 radical (unpaired) electrons. The molecule has 0 saturated heterocycles. The van der Waals surface area contributed by atoms with Gasteiger partial charge >= 0.3 is 12.0 Å². The van der Waals surface area contributed by atoms with E-state index in [1.165, 1.54) is 0 Å². The standard InChI is InChI=1S/C33H30ClN3O4/c1-32(2,21-5-13-25(38)14-6-21)23-9-17-27(18-10-23)40-30-35-29(34)36-31(37-30)41-28-19-11-24(12-20-28)33(3,4)22-7-15-26(39)16-8-22/h5-20,38-39H,1-4H3. The molecule has 7 nitrogen and oxygen atoms in total. The van der Waals surface area contributed by atoms with E-state index < -0.39 is 0 Å². The number of benzene rings is 4. The third kappa shape index (κ3) is 6.26. The Morgan fingerprint density at radius 1 is 0.488 bits per heavy atom. The van der Waals surface area contributed by atoms with Crippen molar-refractivity contribution < 1.29 is 19.7 Å². The van der Waals surface area contributed by atoms with Crippen LogP contribution in [0.25, 0.3) is 0 Å². The molecular weight excluding hydrogens is 538 g/mol. The van der Waals surface area contributed by atoms with E-state index >= 15 is 0 Å². The molecule has 0 unspecified atom stereocenters. The van der Waals surface area contributed by atoms with E-state index in [1.54, 1.807) is 24.3 Å². The van der Waals surface area contributed by atoms with Crippen LogP contribution in [0.4, 0.5) is 0 Å². The van der Waals surface area contributed by atoms with Gasteiger partial charge in [-0.3, -0.25) is 0 Å². The van der Waals surface area contributed by atoms with Gasteiger partial charge in [0.25, 0.3) is 0 Å². The fourth-order valence-corrected chi connectivity index (χ4v) is 4.73. The number of halogens is 1. The Kier molecular flexibility index (Phi) is 7.56. The molecule has 8 heteroatoms. The number of aromatic nitrogens is 3. The van der Waals surface area contributed by atoms with Crippen molar-refractivity contribution in [2.24, 2.45) is 0 Å². The minimum absolute atomic E-state index is 0.00984. The molecular formula is C33H30ClN3O4. The number of phenols is 2. The summed E-state index contributed by atoms with van der Waals surface area (Å²) in [5.74, 6) is 1.53. The normalized spacial score (nSPS) is 11.7. The van der Waals surface area contributed by atoms with Gasteiger partial charge in [-0.05, 0) is 82.4 Å². The summed E-state index contributed by atoms with van der Waals surface area (Å²) in [6.45, 7) is 8.47. The van der Waals surface area contributed by atoms with Crippen molar-refractivity contribution >= 4 is 11.6 Å². The number of ether oxygens (including phenoxy) is 2. The smallest absolute Gasteiger partial charge is 0.329 e. The topological polar surface area (TPSA) is 97.6 Å². The van der Waals surface area contributed by atoms with E-state index in [1.807, 2.05) is 72.8 Å². The average Bonchev–Trinajstić information content (AvgIpc) is 2.94. The Morgan fingerprint density at radius 3 is 1.10 bits per heavy atom. The maximum absolute atomic E-state index is 9.62. The Bertz CT molecular complexity index is 1510. The molecule has 208 valence electrons. The lowest BCUT2D eigenvalue weighted by Crippen LogP contribution is -2.18. The Balaban J connectivity index is 1.29. The lowest BCUT2D eigenvalue weighted by molar-refractivity contribution is 0.397. The van der Waals surface area contributed by atoms with Gasteiger partial charge in [0, 0.05) is 10.8 Å². The second-order valence-electron chi connectivity index (χ2n) is 10.8. The molecule has 0 aliphatic rings. The predicted octanol–water partition coefficient (Wildman–Crippen LogP) is 8.17. The van der Waals surface area contributed by atoms with Gasteiger partial charge in [-0.1, -0.05) is 76.2 Å². The molecule has 0 aliphatic heterocycles. The minimum atomic E-state index is -0.279. The molecule has 0 saturated carbocycles. The van der Waals surface area contributed by atoms with Crippen LogP contribution in [-0.2, 0) is 10.8 Å². The monoisotopic (exact) mass is 567 g/mol. The van der Waals surface area contributed by atoms with Crippen LogP contribution in [0.1, 0.15) is 49.9 Å². The quantitative estimate of drug-likeness (QED) is 0.195. The second-order valence-corrected chi connectivity index (χ2v) is 11.1. The van der Waals surface area contributed by atoms with Crippen molar-refractivity contribution in [2.45, 2.75) is 38.5 Å². The molecule has 5 aromatic rings. The summed E-state index contributed by atoms with van der Waals surface area (Å²) >= 11 is 6.15. The van der Waals surface area contributed by atoms with Crippen LogP contribution in [0.15, 0.2) is 97.1 Å². The number of nitrogens with zero attached hydrogens (tertiary/aromatic N) is 3. The van der Waals surface area contributed by atoms with Gasteiger partial charge in [-0.15, -0.1) is 4.98 Å². The molecule has 0 aliphatic carbocycles. The molecule has 0 amide bonds. The molecule has 0 fully saturated rings. The first-order valence-electron chi connectivity index (χ1n) is 13.1. The summed E-state index contributed by atoms with van der Waals surface area (Å²) in [5, 5.41) is 19.2. The predicted molar refractivity (Wildman–Crippen MR) is 158 cm³/mol. The Morgan fingerprint density at radius 2 is 0.780 bits per heavy atom. The van der Waals surface area contributed by atoms with Crippen molar-refractivity contribution in [3.8, 4) is 35.0 Å². The van der Waals surface area contributed by atoms with Crippen LogP contribution >= 0.6 is 11.6 Å². The Hall–Kier alpha value is -4.62. The van der Waals surface area contributed by atoms with Gasteiger partial charge in [0.05, 0.1) is 0 Å². The van der Waals surface area contributed by atoms with Crippen LogP contribution in [0, 0.1) is 0 Å². The molecule has 0 bridgehead atoms. The molecule has 5 rings (SSSR count). The first-order valence-corrected chi connectivity index (χ1v) is 13.5. The van der Waals surface area contributed by atoms with Crippen molar-refractivity contribution in [3.05, 3.63) is 125 Å². The minimum Gasteiger partial charge on any atom is -0.508 e. The maximum atomic E-state index is 9.62. The summed E-state index contributed by atoms with van der Waals surface area (Å²) in [6, 6.07) is 29.7. The Labute approximate surface area is 244 Å². The highest BCUT2D eigenvalue weighted by atomic mass is 35.5. The molecule has 4 aromatic carbocycles. The lowest BCUT2D eigenvalue weighted by Gasteiger charge is -2.26. The van der Waals surface area contributed by atoms with E-state index in [-0.39, 0.29) is 39.6 Å². The zero-order chi connectivity index (χ0) is 29.2. The molecule has 2 N–H and O–H groups in total. The zero-order valence-corrected chi connectivity index (χ0v) is 23.9. The number of aromatic hydroxyl groups is 2. The fraction of sp³-hybridized carbons (Fsp3) is 0.182. The molecule has 1 heterocycles. The van der Waals surface area contributed by atoms with Crippen LogP contribution in [0.2, 0.25) is 5.28 Å². The summed E-state index contributed by atoms with van der Waals surface area (Å²) in [4.78, 5) is 12.4. The highest BCUT2D eigenvalue weighted by molar-refractivity contribution is 6.28. The summed E-state index contributed by atoms with van der Waals surface area (Å²) < 4.78 is 11.7. The van der Waals surface area contributed by atoms with Crippen LogP contribution in [0.5, 0.6) is 35.0 Å². The summed E-state index contributed by atoms with van der Waals surface area (Å²) in [5.41, 5.74) is 3.74. The van der Waals surface area contributed by atoms with Crippen LogP contribution < -0.4 is 9.47 Å². The third-order valence-corrected chi connectivity index (χ3v) is 7.48. The van der Waals surface area contributed by atoms with E-state index in [9.17, 15) is 10.2 Å². The summed E-state index contributed by atoms with van der Waals surface area (Å²) in [7, 11) is 0. The van der Waals surface area contributed by atoms with Crippen molar-refractivity contribution in [1.29, 1.82) is 0 Å². The van der Waals surface area contributed by atoms with Crippen molar-refractivity contribution in [1.82, 2.24) is 15.0 Å². The van der Waals surface area contributed by atoms with Gasteiger partial charge in [0.15, 0.2) is 0 Å². The van der Waals surface area contributed by atoms with Gasteiger partial charge in [0.2, 0.25) is 5.28 Å². The number of hydrogen-bond acceptors (Lipinski definition) is 7. The van der Waals surface area contributed by atoms with Gasteiger partial charge in [-0.2, -0.15) is 9.97 Å². The SMILES string of the molecule is CC(C)(c1ccc(O)cc1)c1ccc(Oc2nc(Cl)nc(Oc3ccc(C(C)(C)c4ccc(O)cc4)cc3)n2)cc1. The second kappa shape index (κ2) is 11.1. The molecule has 0 atom stereocenters. The number of phenolic OH excluding ortho intramolecular Hbond substituents is 2. The van der Waals surface area contributed by atoms with E-state index in [2.05, 4.69) is 42.6 Å². The maximum Gasteiger partial charge on any atom is 0.329 e. The molecule has 0 spiro atoms. The van der Waals surface area contributed by atoms with Crippen molar-refractivity contribution in [3.63, 3.8) is 0 Å².